The highest BCUT2D eigenvalue weighted by molar-refractivity contribution is 5.95. The van der Waals surface area contributed by atoms with Gasteiger partial charge in [-0.05, 0) is 32.6 Å². The highest BCUT2D eigenvalue weighted by Gasteiger charge is 1.95. The van der Waals surface area contributed by atoms with E-state index >= 15 is 0 Å². The van der Waals surface area contributed by atoms with Crippen LogP contribution in [-0.2, 0) is 4.79 Å². The van der Waals surface area contributed by atoms with Crippen LogP contribution < -0.4 is 0 Å². The molecule has 0 aromatic carbocycles. The quantitative estimate of drug-likeness (QED) is 0.357. The first kappa shape index (κ1) is 11.8. The molecule has 0 bridgehead atoms. The van der Waals surface area contributed by atoms with Crippen molar-refractivity contribution in [2.75, 3.05) is 0 Å². The van der Waals surface area contributed by atoms with Crippen molar-refractivity contribution in [2.45, 2.75) is 46.0 Å². The summed E-state index contributed by atoms with van der Waals surface area (Å²) in [5, 5.41) is 0. The number of carbonyl (C=O) groups excluding carboxylic acids is 1. The third-order valence-corrected chi connectivity index (χ3v) is 1.65. The van der Waals surface area contributed by atoms with Gasteiger partial charge >= 0.3 is 0 Å². The topological polar surface area (TPSA) is 17.1 Å². The summed E-state index contributed by atoms with van der Waals surface area (Å²) in [6.07, 6.45) is 4.66. The molecule has 0 unspecified atom stereocenters. The van der Waals surface area contributed by atoms with Crippen LogP contribution in [0.25, 0.3) is 0 Å². The third kappa shape index (κ3) is 8.70. The highest BCUT2D eigenvalue weighted by atomic mass is 16.1. The Morgan fingerprint density at radius 1 is 1.08 bits per heavy atom. The summed E-state index contributed by atoms with van der Waals surface area (Å²) in [6, 6.07) is 0. The number of hydrogen-bond donors (Lipinski definition) is 0. The van der Waals surface area contributed by atoms with Gasteiger partial charge in [-0.3, -0.25) is 4.79 Å². The molecular formula is C12H16O. The Kier molecular flexibility index (Phi) is 8.06. The van der Waals surface area contributed by atoms with Crippen LogP contribution in [0.4, 0.5) is 0 Å². The summed E-state index contributed by atoms with van der Waals surface area (Å²) in [7, 11) is 0. The fourth-order valence-electron chi connectivity index (χ4n) is 1.00. The van der Waals surface area contributed by atoms with Gasteiger partial charge in [0.05, 0.1) is 0 Å². The predicted octanol–water partition coefficient (Wildman–Crippen LogP) is 2.55. The van der Waals surface area contributed by atoms with E-state index in [0.717, 1.165) is 25.7 Å². The zero-order valence-corrected chi connectivity index (χ0v) is 8.44. The van der Waals surface area contributed by atoms with Crippen LogP contribution in [0, 0.1) is 23.7 Å². The average Bonchev–Trinajstić information content (AvgIpc) is 2.11. The number of hydrogen-bond acceptors (Lipinski definition) is 1. The number of unbranched alkanes of at least 4 members (excludes halogenated alkanes) is 3. The van der Waals surface area contributed by atoms with Crippen molar-refractivity contribution in [1.29, 1.82) is 0 Å². The summed E-state index contributed by atoms with van der Waals surface area (Å²) < 4.78 is 0. The van der Waals surface area contributed by atoms with E-state index < -0.39 is 0 Å². The molecular weight excluding hydrogens is 160 g/mol. The van der Waals surface area contributed by atoms with Crippen molar-refractivity contribution in [3.8, 4) is 23.7 Å². The lowest BCUT2D eigenvalue weighted by Gasteiger charge is -1.93. The fourth-order valence-corrected chi connectivity index (χ4v) is 1.00. The van der Waals surface area contributed by atoms with Gasteiger partial charge in [0.15, 0.2) is 0 Å². The van der Waals surface area contributed by atoms with Crippen molar-refractivity contribution in [2.24, 2.45) is 0 Å². The molecule has 0 atom stereocenters. The molecule has 0 saturated carbocycles. The molecule has 1 heteroatoms. The Morgan fingerprint density at radius 3 is 2.46 bits per heavy atom. The van der Waals surface area contributed by atoms with Gasteiger partial charge in [-0.25, -0.2) is 0 Å². The van der Waals surface area contributed by atoms with E-state index in [1.807, 2.05) is 6.92 Å². The minimum Gasteiger partial charge on any atom is -0.285 e. The van der Waals surface area contributed by atoms with Crippen molar-refractivity contribution in [1.82, 2.24) is 0 Å². The molecule has 0 radical (unpaired) electrons. The minimum atomic E-state index is 0.0593. The molecule has 0 aromatic heterocycles. The maximum absolute atomic E-state index is 10.9. The molecule has 13 heavy (non-hydrogen) atoms. The molecule has 0 aromatic rings. The molecule has 0 aliphatic heterocycles. The first-order chi connectivity index (χ1) is 6.31. The second-order valence-corrected chi connectivity index (χ2v) is 2.79. The van der Waals surface area contributed by atoms with E-state index in [9.17, 15) is 4.79 Å². The van der Waals surface area contributed by atoms with Crippen LogP contribution in [0.3, 0.4) is 0 Å². The van der Waals surface area contributed by atoms with Crippen LogP contribution >= 0.6 is 0 Å². The van der Waals surface area contributed by atoms with Crippen LogP contribution in [0.2, 0.25) is 0 Å². The lowest BCUT2D eigenvalue weighted by Crippen LogP contribution is -1.92. The van der Waals surface area contributed by atoms with Crippen molar-refractivity contribution < 1.29 is 4.79 Å². The standard InChI is InChI=1S/C12H16O/c1-3-5-6-7-8-9-11-12(13)10-4-2/h6-9,11H2,1-2H3. The normalized spacial score (nSPS) is 7.85. The van der Waals surface area contributed by atoms with Gasteiger partial charge < -0.3 is 0 Å². The van der Waals surface area contributed by atoms with Crippen LogP contribution in [0.15, 0.2) is 0 Å². The highest BCUT2D eigenvalue weighted by Crippen LogP contribution is 2.02. The van der Waals surface area contributed by atoms with E-state index in [1.54, 1.807) is 6.92 Å². The molecule has 0 N–H and O–H groups in total. The second-order valence-electron chi connectivity index (χ2n) is 2.79. The van der Waals surface area contributed by atoms with Gasteiger partial charge in [-0.15, -0.1) is 11.8 Å². The van der Waals surface area contributed by atoms with Crippen LogP contribution in [0.1, 0.15) is 46.0 Å². The van der Waals surface area contributed by atoms with E-state index in [-0.39, 0.29) is 5.78 Å². The molecule has 0 spiro atoms. The zero-order valence-electron chi connectivity index (χ0n) is 8.44. The lowest BCUT2D eigenvalue weighted by atomic mass is 10.1. The molecule has 0 aliphatic carbocycles. The fraction of sp³-hybridized carbons (Fsp3) is 0.583. The molecule has 70 valence electrons. The number of Topliss-reactive ketones (excluding diaryl/α,β-unsaturated/α-hetero) is 1. The van der Waals surface area contributed by atoms with Gasteiger partial charge in [-0.1, -0.05) is 12.3 Å². The Morgan fingerprint density at radius 2 is 1.85 bits per heavy atom. The lowest BCUT2D eigenvalue weighted by molar-refractivity contribution is -0.113. The van der Waals surface area contributed by atoms with Gasteiger partial charge in [0.1, 0.15) is 0 Å². The van der Waals surface area contributed by atoms with E-state index in [1.165, 1.54) is 0 Å². The molecule has 0 fully saturated rings. The third-order valence-electron chi connectivity index (χ3n) is 1.65. The molecule has 0 aliphatic rings. The summed E-state index contributed by atoms with van der Waals surface area (Å²) in [5.41, 5.74) is 0. The molecule has 0 saturated heterocycles. The SMILES string of the molecule is CC#CCCCCCC(=O)C#CC. The van der Waals surface area contributed by atoms with Gasteiger partial charge in [0, 0.05) is 12.8 Å². The molecule has 0 heterocycles. The first-order valence-electron chi connectivity index (χ1n) is 4.66. The predicted molar refractivity (Wildman–Crippen MR) is 55.0 cm³/mol. The zero-order chi connectivity index (χ0) is 9.94. The smallest absolute Gasteiger partial charge is 0.205 e. The van der Waals surface area contributed by atoms with Gasteiger partial charge in [0.25, 0.3) is 0 Å². The summed E-state index contributed by atoms with van der Waals surface area (Å²) >= 11 is 0. The van der Waals surface area contributed by atoms with Gasteiger partial charge in [-0.2, -0.15) is 0 Å². The Bertz CT molecular complexity index is 254. The van der Waals surface area contributed by atoms with Gasteiger partial charge in [0.2, 0.25) is 5.78 Å². The molecule has 0 amide bonds. The van der Waals surface area contributed by atoms with Crippen LogP contribution in [0.5, 0.6) is 0 Å². The Labute approximate surface area is 80.9 Å². The molecule has 1 nitrogen and oxygen atoms in total. The maximum atomic E-state index is 10.9. The first-order valence-corrected chi connectivity index (χ1v) is 4.66. The second kappa shape index (κ2) is 8.88. The molecule has 0 rings (SSSR count). The Balaban J connectivity index is 3.27. The van der Waals surface area contributed by atoms with E-state index in [4.69, 9.17) is 0 Å². The minimum absolute atomic E-state index is 0.0593. The van der Waals surface area contributed by atoms with Crippen molar-refractivity contribution >= 4 is 5.78 Å². The van der Waals surface area contributed by atoms with Crippen LogP contribution in [-0.4, -0.2) is 5.78 Å². The number of carbonyl (C=O) groups is 1. The Hall–Kier alpha value is -1.21. The summed E-state index contributed by atoms with van der Waals surface area (Å²) in [6.45, 7) is 3.54. The van der Waals surface area contributed by atoms with Crippen molar-refractivity contribution in [3.05, 3.63) is 0 Å². The van der Waals surface area contributed by atoms with Crippen molar-refractivity contribution in [3.63, 3.8) is 0 Å². The van der Waals surface area contributed by atoms with E-state index in [0.29, 0.717) is 6.42 Å². The average molecular weight is 176 g/mol. The summed E-state index contributed by atoms with van der Waals surface area (Å²) in [5.74, 6) is 11.0. The largest absolute Gasteiger partial charge is 0.285 e. The monoisotopic (exact) mass is 176 g/mol. The summed E-state index contributed by atoms with van der Waals surface area (Å²) in [4.78, 5) is 10.9. The van der Waals surface area contributed by atoms with E-state index in [2.05, 4.69) is 23.7 Å². The number of ketones is 1. The number of rotatable bonds is 5. The maximum Gasteiger partial charge on any atom is 0.205 e.